The van der Waals surface area contributed by atoms with Gasteiger partial charge in [-0.25, -0.2) is 0 Å². The van der Waals surface area contributed by atoms with E-state index >= 15 is 0 Å². The molecule has 7 N–H and O–H groups in total. The molecule has 4 fully saturated rings. The number of hydrogen-bond donors (Lipinski definition) is 4. The van der Waals surface area contributed by atoms with E-state index in [1.54, 1.807) is 0 Å². The average molecular weight is 677 g/mol. The molecule has 0 spiro atoms. The first-order chi connectivity index (χ1) is 23.3. The van der Waals surface area contributed by atoms with Crippen LogP contribution in [0.15, 0.2) is 0 Å². The van der Waals surface area contributed by atoms with E-state index in [1.165, 1.54) is 96.4 Å². The third-order valence-electron chi connectivity index (χ3n) is 14.2. The molecular formula is C41H80N4O3. The van der Waals surface area contributed by atoms with Crippen LogP contribution in [-0.4, -0.2) is 70.9 Å². The molecule has 11 atom stereocenters. The van der Waals surface area contributed by atoms with Crippen LogP contribution in [0.3, 0.4) is 0 Å². The molecule has 0 heterocycles. The number of hydrogen-bond acceptors (Lipinski definition) is 7. The van der Waals surface area contributed by atoms with Crippen molar-refractivity contribution in [1.82, 2.24) is 5.32 Å². The minimum absolute atomic E-state index is 0.183. The van der Waals surface area contributed by atoms with Gasteiger partial charge in [0.1, 0.15) is 0 Å². The summed E-state index contributed by atoms with van der Waals surface area (Å²) in [7, 11) is 0. The molecule has 48 heavy (non-hydrogen) atoms. The smallest absolute Gasteiger partial charge is 0.0637 e. The summed E-state index contributed by atoms with van der Waals surface area (Å²) in [5.41, 5.74) is 18.3. The van der Waals surface area contributed by atoms with Gasteiger partial charge in [0.25, 0.3) is 0 Å². The van der Waals surface area contributed by atoms with E-state index in [1.807, 2.05) is 0 Å². The Morgan fingerprint density at radius 3 is 2.10 bits per heavy atom. The van der Waals surface area contributed by atoms with Gasteiger partial charge in [-0.2, -0.15) is 0 Å². The highest BCUT2D eigenvalue weighted by Gasteiger charge is 2.66. The third-order valence-corrected chi connectivity index (χ3v) is 14.2. The fourth-order valence-electron chi connectivity index (χ4n) is 11.5. The molecule has 0 saturated heterocycles. The highest BCUT2D eigenvalue weighted by atomic mass is 16.5. The predicted octanol–water partition coefficient (Wildman–Crippen LogP) is 7.43. The maximum atomic E-state index is 7.03. The van der Waals surface area contributed by atoms with E-state index in [0.717, 1.165) is 52.0 Å². The number of unbranched alkanes of at least 4 members (excludes halogenated alkanes) is 5. The molecule has 7 heteroatoms. The van der Waals surface area contributed by atoms with Crippen molar-refractivity contribution in [2.45, 2.75) is 162 Å². The van der Waals surface area contributed by atoms with E-state index in [2.05, 4.69) is 33.0 Å². The van der Waals surface area contributed by atoms with Crippen LogP contribution in [0, 0.1) is 46.3 Å². The molecule has 282 valence electrons. The van der Waals surface area contributed by atoms with Gasteiger partial charge in [-0.05, 0) is 157 Å². The largest absolute Gasteiger partial charge is 0.378 e. The van der Waals surface area contributed by atoms with Crippen molar-refractivity contribution in [2.24, 2.45) is 63.5 Å². The quantitative estimate of drug-likeness (QED) is 0.0786. The van der Waals surface area contributed by atoms with Crippen molar-refractivity contribution in [2.75, 3.05) is 52.5 Å². The van der Waals surface area contributed by atoms with E-state index in [-0.39, 0.29) is 5.41 Å². The monoisotopic (exact) mass is 677 g/mol. The Hall–Kier alpha value is -0.280. The van der Waals surface area contributed by atoms with Crippen molar-refractivity contribution in [3.63, 3.8) is 0 Å². The topological polar surface area (TPSA) is 118 Å². The molecule has 4 saturated carbocycles. The SMILES string of the molecule is CCCCCCCCNCCC[C@@H](C)C1CC[C@H]2C3[C@H](OCCCN)CC4C[C@H](OCCCN)CCC4(C)[C@H]3C[C@H](OCCCN)C12C. The Bertz CT molecular complexity index is 879. The first-order valence-electron chi connectivity index (χ1n) is 21.0. The normalized spacial score (nSPS) is 36.8. The van der Waals surface area contributed by atoms with Gasteiger partial charge in [-0.15, -0.1) is 0 Å². The summed E-state index contributed by atoms with van der Waals surface area (Å²) in [6, 6.07) is 0. The lowest BCUT2D eigenvalue weighted by atomic mass is 9.43. The first kappa shape index (κ1) is 40.5. The van der Waals surface area contributed by atoms with Crippen LogP contribution in [0.4, 0.5) is 0 Å². The fraction of sp³-hybridized carbons (Fsp3) is 1.00. The van der Waals surface area contributed by atoms with Crippen LogP contribution in [0.25, 0.3) is 0 Å². The van der Waals surface area contributed by atoms with E-state index < -0.39 is 0 Å². The number of nitrogens with one attached hydrogen (secondary N) is 1. The van der Waals surface area contributed by atoms with Crippen LogP contribution in [0.5, 0.6) is 0 Å². The van der Waals surface area contributed by atoms with Crippen LogP contribution in [0.1, 0.15) is 143 Å². The Morgan fingerprint density at radius 1 is 0.708 bits per heavy atom. The van der Waals surface area contributed by atoms with Gasteiger partial charge in [0.05, 0.1) is 18.3 Å². The van der Waals surface area contributed by atoms with E-state index in [9.17, 15) is 0 Å². The van der Waals surface area contributed by atoms with Crippen LogP contribution in [-0.2, 0) is 14.2 Å². The molecule has 5 unspecified atom stereocenters. The number of rotatable bonds is 24. The zero-order chi connectivity index (χ0) is 34.4. The lowest BCUT2D eigenvalue weighted by Gasteiger charge is -2.65. The standard InChI is InChI=1S/C41H80N4O3/c1-5-6-7-8-9-10-23-45-24-11-15-31(2)34-16-17-35-39-36(30-38(41(34,35)4)48-27-14-22-44)40(3)19-18-33(46-25-12-20-42)28-32(40)29-37(39)47-26-13-21-43/h31-39,45H,5-30,42-44H2,1-4H3/t31-,32?,33-,34?,35+,36+,37-,38+,39?,40?,41?/m1/s1. The molecular weight excluding hydrogens is 596 g/mol. The Labute approximate surface area is 296 Å². The minimum atomic E-state index is 0.183. The lowest BCUT2D eigenvalue weighted by molar-refractivity contribution is -0.227. The second-order valence-corrected chi connectivity index (χ2v) is 17.1. The molecule has 4 rings (SSSR count). The summed E-state index contributed by atoms with van der Waals surface area (Å²) >= 11 is 0. The molecule has 4 aliphatic rings. The van der Waals surface area contributed by atoms with Crippen molar-refractivity contribution < 1.29 is 14.2 Å². The number of nitrogens with two attached hydrogens (primary N) is 3. The lowest BCUT2D eigenvalue weighted by Crippen LogP contribution is -2.63. The molecule has 0 amide bonds. The van der Waals surface area contributed by atoms with Gasteiger partial charge in [0.2, 0.25) is 0 Å². The zero-order valence-corrected chi connectivity index (χ0v) is 32.0. The Kier molecular flexibility index (Phi) is 17.4. The summed E-state index contributed by atoms with van der Waals surface area (Å²) in [6.45, 7) is 17.0. The summed E-state index contributed by atoms with van der Waals surface area (Å²) < 4.78 is 20.4. The molecule has 0 aromatic carbocycles. The second kappa shape index (κ2) is 20.7. The first-order valence-corrected chi connectivity index (χ1v) is 21.0. The molecule has 0 radical (unpaired) electrons. The Morgan fingerprint density at radius 2 is 1.38 bits per heavy atom. The summed E-state index contributed by atoms with van der Waals surface area (Å²) in [5, 5.41) is 3.77. The van der Waals surface area contributed by atoms with Gasteiger partial charge >= 0.3 is 0 Å². The molecule has 0 aromatic heterocycles. The molecule has 0 aliphatic heterocycles. The molecule has 4 aliphatic carbocycles. The van der Waals surface area contributed by atoms with Crippen LogP contribution < -0.4 is 22.5 Å². The fourth-order valence-corrected chi connectivity index (χ4v) is 11.5. The van der Waals surface area contributed by atoms with Crippen LogP contribution >= 0.6 is 0 Å². The van der Waals surface area contributed by atoms with Gasteiger partial charge in [-0.3, -0.25) is 0 Å². The summed E-state index contributed by atoms with van der Waals surface area (Å²) in [4.78, 5) is 0. The molecule has 0 bridgehead atoms. The van der Waals surface area contributed by atoms with Gasteiger partial charge in [0, 0.05) is 25.2 Å². The molecule has 7 nitrogen and oxygen atoms in total. The van der Waals surface area contributed by atoms with Crippen molar-refractivity contribution in [1.29, 1.82) is 0 Å². The van der Waals surface area contributed by atoms with Gasteiger partial charge in [-0.1, -0.05) is 59.8 Å². The predicted molar refractivity (Wildman–Crippen MR) is 201 cm³/mol. The van der Waals surface area contributed by atoms with Crippen molar-refractivity contribution in [3.05, 3.63) is 0 Å². The van der Waals surface area contributed by atoms with Gasteiger partial charge in [0.15, 0.2) is 0 Å². The van der Waals surface area contributed by atoms with E-state index in [0.29, 0.717) is 78.9 Å². The maximum Gasteiger partial charge on any atom is 0.0637 e. The maximum absolute atomic E-state index is 7.03. The summed E-state index contributed by atoms with van der Waals surface area (Å²) in [6.07, 6.45) is 23.2. The number of ether oxygens (including phenoxy) is 3. The second-order valence-electron chi connectivity index (χ2n) is 17.1. The van der Waals surface area contributed by atoms with Crippen LogP contribution in [0.2, 0.25) is 0 Å². The third kappa shape index (κ3) is 9.98. The van der Waals surface area contributed by atoms with E-state index in [4.69, 9.17) is 31.4 Å². The molecule has 0 aromatic rings. The van der Waals surface area contributed by atoms with Crippen molar-refractivity contribution >= 4 is 0 Å². The highest BCUT2D eigenvalue weighted by Crippen LogP contribution is 2.69. The van der Waals surface area contributed by atoms with Crippen molar-refractivity contribution in [3.8, 4) is 0 Å². The van der Waals surface area contributed by atoms with Gasteiger partial charge < -0.3 is 36.7 Å². The Balaban J connectivity index is 1.46. The summed E-state index contributed by atoms with van der Waals surface area (Å²) in [5.74, 6) is 3.92. The minimum Gasteiger partial charge on any atom is -0.378 e. The number of fused-ring (bicyclic) bond motifs is 5. The average Bonchev–Trinajstić information content (AvgIpc) is 3.44. The zero-order valence-electron chi connectivity index (χ0n) is 32.0. The highest BCUT2D eigenvalue weighted by molar-refractivity contribution is 5.15.